The summed E-state index contributed by atoms with van der Waals surface area (Å²) in [6.07, 6.45) is 1.03. The molecule has 48 heavy (non-hydrogen) atoms. The Morgan fingerprint density at radius 1 is 1.15 bits per heavy atom. The topological polar surface area (TPSA) is 115 Å². The number of nitrogens with zero attached hydrogens (tertiary/aromatic N) is 2. The number of ether oxygens (including phenoxy) is 2. The first-order chi connectivity index (χ1) is 22.9. The zero-order valence-electron chi connectivity index (χ0n) is 29.3. The van der Waals surface area contributed by atoms with Crippen LogP contribution in [0.5, 0.6) is 5.75 Å². The van der Waals surface area contributed by atoms with E-state index in [1.807, 2.05) is 31.7 Å². The van der Waals surface area contributed by atoms with E-state index in [2.05, 4.69) is 74.4 Å². The number of rotatable bonds is 10. The number of nitrogens with one attached hydrogen (secondary N) is 2. The molecule has 2 N–H and O–H groups in total. The summed E-state index contributed by atoms with van der Waals surface area (Å²) < 4.78 is 23.5. The summed E-state index contributed by atoms with van der Waals surface area (Å²) in [7, 11) is 0.849. The Morgan fingerprint density at radius 2 is 1.94 bits per heavy atom. The van der Waals surface area contributed by atoms with E-state index in [0.717, 1.165) is 68.4 Å². The first-order valence-electron chi connectivity index (χ1n) is 17.1. The molecule has 0 saturated carbocycles. The fourth-order valence-electron chi connectivity index (χ4n) is 6.78. The van der Waals surface area contributed by atoms with Gasteiger partial charge in [-0.05, 0) is 85.6 Å². The second-order valence-electron chi connectivity index (χ2n) is 14.1. The highest BCUT2D eigenvalue weighted by atomic mass is 16.6. The number of carbonyl (C=O) groups excluding carboxylic acids is 2. The zero-order valence-corrected chi connectivity index (χ0v) is 29.3. The number of aromatic nitrogens is 2. The third kappa shape index (κ3) is 6.50. The predicted octanol–water partition coefficient (Wildman–Crippen LogP) is 6.50. The number of hydrogen-bond acceptors (Lipinski definition) is 7. The Hall–Kier alpha value is -4.09. The number of hydrogen-bond donors (Lipinski definition) is 2. The fraction of sp³-hybridized carbons (Fsp3) is 0.486. The summed E-state index contributed by atoms with van der Waals surface area (Å²) in [6.45, 7) is 15.8. The van der Waals surface area contributed by atoms with Gasteiger partial charge in [0.1, 0.15) is 24.2 Å². The molecule has 3 aromatic carbocycles. The van der Waals surface area contributed by atoms with Gasteiger partial charge >= 0.3 is 13.2 Å². The largest absolute Gasteiger partial charge is 0.494 e. The standard InChI is InChI=1S/C37H47BN4O6/c1-9-37(6,7)48-38(47-10-2)25-12-13-26-24(16-25)20-46-31-18-27-23(17-28(26)31)11-14-29-33(27)40-34(39-29)30-15-22(5)19-42(30)35(43)32(21(3)4)41-36(44)45-8/h11-14,16-18,21-22,30,32H,9-10,15,19-20H2,1-8H3,(H,39,40)(H,41,44)/t22-,30-,32-/m0/s1. The van der Waals surface area contributed by atoms with E-state index in [1.54, 1.807) is 0 Å². The molecule has 3 atom stereocenters. The van der Waals surface area contributed by atoms with Crippen LogP contribution in [-0.4, -0.2) is 65.9 Å². The average molecular weight is 655 g/mol. The zero-order chi connectivity index (χ0) is 34.3. The maximum Gasteiger partial charge on any atom is 0.494 e. The van der Waals surface area contributed by atoms with Crippen molar-refractivity contribution in [3.05, 3.63) is 53.9 Å². The molecular formula is C37H47BN4O6. The second kappa shape index (κ2) is 13.4. The number of benzene rings is 3. The van der Waals surface area contributed by atoms with Crippen molar-refractivity contribution in [2.75, 3.05) is 20.3 Å². The number of carbonyl (C=O) groups is 2. The summed E-state index contributed by atoms with van der Waals surface area (Å²) in [6, 6.07) is 13.8. The van der Waals surface area contributed by atoms with Crippen molar-refractivity contribution in [2.24, 2.45) is 11.8 Å². The lowest BCUT2D eigenvalue weighted by molar-refractivity contribution is -0.135. The number of fused-ring (bicyclic) bond motifs is 6. The summed E-state index contributed by atoms with van der Waals surface area (Å²) in [5.74, 6) is 1.59. The van der Waals surface area contributed by atoms with Gasteiger partial charge in [0.15, 0.2) is 0 Å². The molecule has 2 amide bonds. The third-order valence-corrected chi connectivity index (χ3v) is 9.76. The van der Waals surface area contributed by atoms with E-state index in [4.69, 9.17) is 23.8 Å². The minimum Gasteiger partial charge on any atom is -0.488 e. The smallest absolute Gasteiger partial charge is 0.488 e. The van der Waals surface area contributed by atoms with Crippen LogP contribution in [0.3, 0.4) is 0 Å². The van der Waals surface area contributed by atoms with Crippen LogP contribution in [0.2, 0.25) is 0 Å². The van der Waals surface area contributed by atoms with E-state index >= 15 is 0 Å². The molecule has 6 rings (SSSR count). The number of aromatic amines is 1. The fourth-order valence-corrected chi connectivity index (χ4v) is 6.78. The molecule has 0 unspecified atom stereocenters. The number of H-pyrrole nitrogens is 1. The lowest BCUT2D eigenvalue weighted by atomic mass is 9.75. The monoisotopic (exact) mass is 654 g/mol. The van der Waals surface area contributed by atoms with E-state index in [9.17, 15) is 9.59 Å². The van der Waals surface area contributed by atoms with Gasteiger partial charge in [-0.15, -0.1) is 0 Å². The molecule has 1 fully saturated rings. The van der Waals surface area contributed by atoms with Crippen molar-refractivity contribution in [3.8, 4) is 16.9 Å². The van der Waals surface area contributed by atoms with Gasteiger partial charge in [-0.2, -0.15) is 0 Å². The lowest BCUT2D eigenvalue weighted by Gasteiger charge is -2.30. The number of alkyl carbamates (subject to hydrolysis) is 1. The van der Waals surface area contributed by atoms with Crippen LogP contribution in [0.25, 0.3) is 32.9 Å². The Morgan fingerprint density at radius 3 is 2.65 bits per heavy atom. The minimum absolute atomic E-state index is 0.108. The van der Waals surface area contributed by atoms with E-state index in [-0.39, 0.29) is 29.4 Å². The Labute approximate surface area is 283 Å². The highest BCUT2D eigenvalue weighted by Crippen LogP contribution is 2.42. The lowest BCUT2D eigenvalue weighted by Crippen LogP contribution is -2.51. The number of methoxy groups -OCH3 is 1. The molecule has 0 bridgehead atoms. The van der Waals surface area contributed by atoms with Crippen LogP contribution < -0.4 is 15.5 Å². The number of imidazole rings is 1. The van der Waals surface area contributed by atoms with Gasteiger partial charge in [0.05, 0.1) is 24.2 Å². The van der Waals surface area contributed by atoms with Crippen molar-refractivity contribution >= 4 is 46.4 Å². The average Bonchev–Trinajstić information content (AvgIpc) is 3.69. The van der Waals surface area contributed by atoms with E-state index in [0.29, 0.717) is 19.8 Å². The number of likely N-dealkylation sites (tertiary alicyclic amines) is 1. The van der Waals surface area contributed by atoms with Crippen molar-refractivity contribution in [2.45, 2.75) is 85.6 Å². The Bertz CT molecular complexity index is 1840. The predicted molar refractivity (Wildman–Crippen MR) is 188 cm³/mol. The van der Waals surface area contributed by atoms with Crippen LogP contribution in [-0.2, 0) is 25.4 Å². The molecule has 10 nitrogen and oxygen atoms in total. The molecular weight excluding hydrogens is 607 g/mol. The van der Waals surface area contributed by atoms with Gasteiger partial charge in [0.2, 0.25) is 5.91 Å². The van der Waals surface area contributed by atoms with Gasteiger partial charge in [-0.1, -0.05) is 52.0 Å². The second-order valence-corrected chi connectivity index (χ2v) is 14.1. The minimum atomic E-state index is -0.696. The van der Waals surface area contributed by atoms with Crippen molar-refractivity contribution in [3.63, 3.8) is 0 Å². The molecule has 0 radical (unpaired) electrons. The highest BCUT2D eigenvalue weighted by Gasteiger charge is 2.40. The SMILES string of the molecule is CCOB(OC(C)(C)CC)c1ccc2c(c1)COc1cc3c(ccc4[nH]c([C@@H]5C[C@H](C)CN5C(=O)[C@@H](NC(=O)OC)C(C)C)nc43)cc1-2. The Balaban J connectivity index is 1.32. The van der Waals surface area contributed by atoms with Crippen LogP contribution in [0.15, 0.2) is 42.5 Å². The Kier molecular flexibility index (Phi) is 9.46. The van der Waals surface area contributed by atoms with Crippen LogP contribution in [0.4, 0.5) is 4.79 Å². The van der Waals surface area contributed by atoms with Crippen LogP contribution in [0.1, 0.15) is 78.7 Å². The van der Waals surface area contributed by atoms with Gasteiger partial charge in [0.25, 0.3) is 0 Å². The summed E-state index contributed by atoms with van der Waals surface area (Å²) in [5.41, 5.74) is 5.66. The molecule has 2 aliphatic rings. The highest BCUT2D eigenvalue weighted by molar-refractivity contribution is 6.61. The normalized spacial score (nSPS) is 18.1. The first kappa shape index (κ1) is 33.8. The number of amides is 2. The van der Waals surface area contributed by atoms with Crippen LogP contribution >= 0.6 is 0 Å². The van der Waals surface area contributed by atoms with Crippen molar-refractivity contribution in [1.29, 1.82) is 0 Å². The molecule has 2 aliphatic heterocycles. The van der Waals surface area contributed by atoms with E-state index in [1.165, 1.54) is 7.11 Å². The van der Waals surface area contributed by atoms with Gasteiger partial charge in [0, 0.05) is 29.7 Å². The van der Waals surface area contributed by atoms with Gasteiger partial charge < -0.3 is 34.0 Å². The quantitative estimate of drug-likeness (QED) is 0.188. The summed E-state index contributed by atoms with van der Waals surface area (Å²) in [4.78, 5) is 36.3. The maximum atomic E-state index is 13.8. The molecule has 11 heteroatoms. The summed E-state index contributed by atoms with van der Waals surface area (Å²) in [5, 5.41) is 4.77. The molecule has 3 heterocycles. The molecule has 0 aliphatic carbocycles. The molecule has 1 saturated heterocycles. The third-order valence-electron chi connectivity index (χ3n) is 9.76. The van der Waals surface area contributed by atoms with Crippen molar-refractivity contribution < 1.29 is 28.4 Å². The summed E-state index contributed by atoms with van der Waals surface area (Å²) >= 11 is 0. The maximum absolute atomic E-state index is 13.8. The van der Waals surface area contributed by atoms with E-state index < -0.39 is 19.3 Å². The first-order valence-corrected chi connectivity index (χ1v) is 17.1. The molecule has 254 valence electrons. The molecule has 1 aromatic heterocycles. The molecule has 4 aromatic rings. The van der Waals surface area contributed by atoms with Crippen molar-refractivity contribution in [1.82, 2.24) is 20.2 Å². The molecule has 0 spiro atoms. The van der Waals surface area contributed by atoms with Gasteiger partial charge in [-0.25, -0.2) is 9.78 Å². The van der Waals surface area contributed by atoms with Crippen LogP contribution in [0, 0.1) is 11.8 Å². The van der Waals surface area contributed by atoms with Gasteiger partial charge in [-0.3, -0.25) is 4.79 Å².